The van der Waals surface area contributed by atoms with Gasteiger partial charge in [-0.15, -0.1) is 0 Å². The summed E-state index contributed by atoms with van der Waals surface area (Å²) in [5, 5.41) is 2.74. The minimum absolute atomic E-state index is 0.172. The minimum atomic E-state index is -0.347. The molecule has 0 atom stereocenters. The fourth-order valence-electron chi connectivity index (χ4n) is 4.62. The Balaban J connectivity index is 1.64. The number of fused-ring (bicyclic) bond motifs is 1. The maximum absolute atomic E-state index is 13.9. The Morgan fingerprint density at radius 2 is 1.62 bits per heavy atom. The van der Waals surface area contributed by atoms with E-state index in [2.05, 4.69) is 11.4 Å². The van der Waals surface area contributed by atoms with Crippen molar-refractivity contribution in [2.45, 2.75) is 27.2 Å². The normalized spacial score (nSPS) is 15.3. The van der Waals surface area contributed by atoms with Gasteiger partial charge in [-0.2, -0.15) is 0 Å². The highest BCUT2D eigenvalue weighted by molar-refractivity contribution is 6.46. The third-order valence-electron chi connectivity index (χ3n) is 6.46. The first-order chi connectivity index (χ1) is 16.3. The van der Waals surface area contributed by atoms with Crippen LogP contribution in [0.5, 0.6) is 0 Å². The van der Waals surface area contributed by atoms with Crippen LogP contribution in [0.3, 0.4) is 0 Å². The van der Waals surface area contributed by atoms with Crippen molar-refractivity contribution in [1.82, 2.24) is 0 Å². The molecule has 2 aliphatic rings. The van der Waals surface area contributed by atoms with E-state index in [9.17, 15) is 14.4 Å². The molecule has 0 aromatic heterocycles. The van der Waals surface area contributed by atoms with E-state index < -0.39 is 0 Å². The van der Waals surface area contributed by atoms with Crippen LogP contribution in [0.2, 0.25) is 0 Å². The van der Waals surface area contributed by atoms with Gasteiger partial charge in [-0.25, -0.2) is 4.90 Å². The lowest BCUT2D eigenvalue weighted by molar-refractivity contribution is -0.120. The number of aryl methyl sites for hydroxylation is 2. The number of anilines is 3. The second kappa shape index (κ2) is 8.30. The number of hydrogen-bond donors (Lipinski definition) is 1. The number of para-hydroxylation sites is 1. The van der Waals surface area contributed by atoms with Crippen LogP contribution in [0, 0.1) is 13.8 Å². The number of nitrogens with zero attached hydrogens (tertiary/aromatic N) is 2. The maximum Gasteiger partial charge on any atom is 0.282 e. The van der Waals surface area contributed by atoms with Gasteiger partial charge in [-0.3, -0.25) is 14.4 Å². The van der Waals surface area contributed by atoms with Crippen molar-refractivity contribution in [3.05, 3.63) is 94.7 Å². The van der Waals surface area contributed by atoms with Crippen molar-refractivity contribution in [2.75, 3.05) is 21.7 Å². The van der Waals surface area contributed by atoms with E-state index in [1.807, 2.05) is 55.1 Å². The lowest BCUT2D eigenvalue weighted by Gasteiger charge is -2.22. The van der Waals surface area contributed by atoms with Gasteiger partial charge in [-0.05, 0) is 72.9 Å². The zero-order valence-corrected chi connectivity index (χ0v) is 19.4. The van der Waals surface area contributed by atoms with Crippen LogP contribution in [-0.2, 0) is 20.8 Å². The van der Waals surface area contributed by atoms with E-state index in [1.54, 1.807) is 24.3 Å². The van der Waals surface area contributed by atoms with Gasteiger partial charge in [0, 0.05) is 24.8 Å². The van der Waals surface area contributed by atoms with E-state index in [-0.39, 0.29) is 17.7 Å². The molecule has 5 rings (SSSR count). The van der Waals surface area contributed by atoms with Gasteiger partial charge in [0.05, 0.1) is 11.3 Å². The zero-order chi connectivity index (χ0) is 24.0. The predicted octanol–water partition coefficient (Wildman–Crippen LogP) is 4.61. The molecule has 170 valence electrons. The summed E-state index contributed by atoms with van der Waals surface area (Å²) in [6, 6.07) is 20.6. The van der Waals surface area contributed by atoms with Gasteiger partial charge < -0.3 is 10.2 Å². The summed E-state index contributed by atoms with van der Waals surface area (Å²) in [4.78, 5) is 42.3. The number of hydrogen-bond acceptors (Lipinski definition) is 4. The summed E-state index contributed by atoms with van der Waals surface area (Å²) in [6.07, 6.45) is 0.805. The molecular weight excluding hydrogens is 426 g/mol. The third kappa shape index (κ3) is 3.57. The largest absolute Gasteiger partial charge is 0.336 e. The Morgan fingerprint density at radius 1 is 0.882 bits per heavy atom. The highest BCUT2D eigenvalue weighted by Crippen LogP contribution is 2.40. The monoisotopic (exact) mass is 451 g/mol. The average molecular weight is 452 g/mol. The lowest BCUT2D eigenvalue weighted by atomic mass is 10.0. The zero-order valence-electron chi connectivity index (χ0n) is 19.4. The molecule has 0 saturated carbocycles. The van der Waals surface area contributed by atoms with Gasteiger partial charge in [0.25, 0.3) is 11.8 Å². The van der Waals surface area contributed by atoms with Crippen LogP contribution in [0.15, 0.2) is 72.4 Å². The molecular formula is C28H25N3O3. The summed E-state index contributed by atoms with van der Waals surface area (Å²) in [5.41, 5.74) is 6.80. The van der Waals surface area contributed by atoms with Gasteiger partial charge in [0.15, 0.2) is 0 Å². The summed E-state index contributed by atoms with van der Waals surface area (Å²) in [5.74, 6) is -0.847. The van der Waals surface area contributed by atoms with Crippen LogP contribution < -0.4 is 15.1 Å². The average Bonchev–Trinajstić information content (AvgIpc) is 3.34. The molecule has 0 radical (unpaired) electrons. The predicted molar refractivity (Wildman–Crippen MR) is 134 cm³/mol. The Kier molecular flexibility index (Phi) is 5.28. The van der Waals surface area contributed by atoms with Gasteiger partial charge >= 0.3 is 0 Å². The number of nitrogens with one attached hydrogen (secondary N) is 1. The smallest absolute Gasteiger partial charge is 0.282 e. The molecule has 0 aliphatic carbocycles. The highest BCUT2D eigenvalue weighted by atomic mass is 16.2. The second-order valence-electron chi connectivity index (χ2n) is 8.73. The summed E-state index contributed by atoms with van der Waals surface area (Å²) in [7, 11) is 0. The number of carbonyl (C=O) groups is 3. The van der Waals surface area contributed by atoms with Crippen molar-refractivity contribution in [1.29, 1.82) is 0 Å². The summed E-state index contributed by atoms with van der Waals surface area (Å²) in [6.45, 7) is 6.04. The summed E-state index contributed by atoms with van der Waals surface area (Å²) < 4.78 is 0. The fourth-order valence-corrected chi connectivity index (χ4v) is 4.62. The molecule has 0 saturated heterocycles. The highest BCUT2D eigenvalue weighted by Gasteiger charge is 2.44. The molecule has 6 nitrogen and oxygen atoms in total. The second-order valence-corrected chi connectivity index (χ2v) is 8.73. The van der Waals surface area contributed by atoms with Crippen LogP contribution in [0.4, 0.5) is 17.1 Å². The molecule has 0 bridgehead atoms. The number of imide groups is 1. The fraction of sp³-hybridized carbons (Fsp3) is 0.179. The number of benzene rings is 3. The molecule has 0 spiro atoms. The molecule has 3 aromatic carbocycles. The number of amides is 3. The Hall–Kier alpha value is -4.19. The van der Waals surface area contributed by atoms with Crippen molar-refractivity contribution in [3.63, 3.8) is 0 Å². The molecule has 3 aromatic rings. The SMILES string of the molecule is CC(=O)Nc1ccc(C2=C(N3CCc4ccccc43)C(=O)N(c3ccc(C)c(C)c3)C2=O)cc1. The van der Waals surface area contributed by atoms with Crippen LogP contribution in [0.1, 0.15) is 29.2 Å². The standard InChI is InChI=1S/C28H25N3O3/c1-17-8-13-23(16-18(17)2)31-27(33)25(21-9-11-22(12-10-21)29-19(3)32)26(28(31)34)30-15-14-20-6-4-5-7-24(20)30/h4-13,16H,14-15H2,1-3H3,(H,29,32). The maximum atomic E-state index is 13.9. The Morgan fingerprint density at radius 3 is 2.32 bits per heavy atom. The first kappa shape index (κ1) is 21.6. The van der Waals surface area contributed by atoms with Crippen molar-refractivity contribution < 1.29 is 14.4 Å². The number of carbonyl (C=O) groups excluding carboxylic acids is 3. The minimum Gasteiger partial charge on any atom is -0.336 e. The van der Waals surface area contributed by atoms with Crippen LogP contribution >= 0.6 is 0 Å². The van der Waals surface area contributed by atoms with Gasteiger partial charge in [-0.1, -0.05) is 36.4 Å². The molecule has 2 aliphatic heterocycles. The molecule has 3 amide bonds. The van der Waals surface area contributed by atoms with Gasteiger partial charge in [0.2, 0.25) is 5.91 Å². The molecule has 2 heterocycles. The molecule has 1 N–H and O–H groups in total. The van der Waals surface area contributed by atoms with Crippen LogP contribution in [-0.4, -0.2) is 24.3 Å². The first-order valence-electron chi connectivity index (χ1n) is 11.3. The first-order valence-corrected chi connectivity index (χ1v) is 11.3. The molecule has 0 fully saturated rings. The quantitative estimate of drug-likeness (QED) is 0.588. The van der Waals surface area contributed by atoms with Crippen LogP contribution in [0.25, 0.3) is 5.57 Å². The van der Waals surface area contributed by atoms with E-state index in [4.69, 9.17) is 0 Å². The van der Waals surface area contributed by atoms with E-state index in [0.717, 1.165) is 28.8 Å². The van der Waals surface area contributed by atoms with Gasteiger partial charge in [0.1, 0.15) is 5.70 Å². The summed E-state index contributed by atoms with van der Waals surface area (Å²) >= 11 is 0. The lowest BCUT2D eigenvalue weighted by Crippen LogP contribution is -2.35. The topological polar surface area (TPSA) is 69.7 Å². The molecule has 6 heteroatoms. The number of rotatable bonds is 4. The van der Waals surface area contributed by atoms with Crippen molar-refractivity contribution in [2.24, 2.45) is 0 Å². The molecule has 0 unspecified atom stereocenters. The Bertz CT molecular complexity index is 1370. The van der Waals surface area contributed by atoms with Crippen molar-refractivity contribution in [3.8, 4) is 0 Å². The third-order valence-corrected chi connectivity index (χ3v) is 6.46. The Labute approximate surface area is 198 Å². The van der Waals surface area contributed by atoms with E-state index in [0.29, 0.717) is 34.8 Å². The van der Waals surface area contributed by atoms with E-state index in [1.165, 1.54) is 11.8 Å². The van der Waals surface area contributed by atoms with Crippen molar-refractivity contribution >= 4 is 40.4 Å². The van der Waals surface area contributed by atoms with E-state index >= 15 is 0 Å². The molecule has 34 heavy (non-hydrogen) atoms.